The van der Waals surface area contributed by atoms with Gasteiger partial charge in [-0.15, -0.1) is 0 Å². The summed E-state index contributed by atoms with van der Waals surface area (Å²) in [4.78, 5) is 1.94. The van der Waals surface area contributed by atoms with E-state index in [4.69, 9.17) is 0 Å². The topological polar surface area (TPSA) is 0 Å². The van der Waals surface area contributed by atoms with Crippen LogP contribution in [0.25, 0.3) is 0 Å². The van der Waals surface area contributed by atoms with Gasteiger partial charge in [0.2, 0.25) is 0 Å². The molecule has 0 atom stereocenters. The summed E-state index contributed by atoms with van der Waals surface area (Å²) in [5, 5.41) is 2.10. The highest BCUT2D eigenvalue weighted by Crippen LogP contribution is 2.67. The van der Waals surface area contributed by atoms with Gasteiger partial charge in [-0.25, -0.2) is 10.0 Å². The number of allylic oxidation sites excluding steroid dienone is 4. The summed E-state index contributed by atoms with van der Waals surface area (Å²) >= 11 is 0. The summed E-state index contributed by atoms with van der Waals surface area (Å²) in [5.41, 5.74) is 1.82. The lowest BCUT2D eigenvalue weighted by Gasteiger charge is -2.54. The molecule has 4 aliphatic carbocycles. The summed E-state index contributed by atoms with van der Waals surface area (Å²) < 4.78 is 0. The molecular formula is C25H42S. The first kappa shape index (κ1) is 19.2. The second-order valence-electron chi connectivity index (χ2n) is 9.78. The molecule has 148 valence electrons. The molecule has 0 N–H and O–H groups in total. The van der Waals surface area contributed by atoms with Crippen LogP contribution in [0.4, 0.5) is 0 Å². The Labute approximate surface area is 164 Å². The third-order valence-corrected chi connectivity index (χ3v) is 13.5. The van der Waals surface area contributed by atoms with Gasteiger partial charge in [0, 0.05) is 0 Å². The van der Waals surface area contributed by atoms with E-state index in [0.29, 0.717) is 0 Å². The minimum atomic E-state index is -0.582. The SMILES string of the molecule is CS(C1=CC=C(C2CCCCC2)CC1)(C1CCCCC1)C1CCCCC1. The van der Waals surface area contributed by atoms with Crippen LogP contribution in [-0.4, -0.2) is 16.8 Å². The first-order valence-corrected chi connectivity index (χ1v) is 14.1. The van der Waals surface area contributed by atoms with Crippen molar-refractivity contribution in [3.05, 3.63) is 22.6 Å². The molecule has 0 bridgehead atoms. The van der Waals surface area contributed by atoms with Crippen LogP contribution in [0.3, 0.4) is 0 Å². The Morgan fingerprint density at radius 2 is 1.12 bits per heavy atom. The van der Waals surface area contributed by atoms with Gasteiger partial charge in [0.15, 0.2) is 0 Å². The predicted octanol–water partition coefficient (Wildman–Crippen LogP) is 8.27. The Morgan fingerprint density at radius 3 is 1.58 bits per heavy atom. The van der Waals surface area contributed by atoms with E-state index in [1.54, 1.807) is 25.7 Å². The zero-order valence-electron chi connectivity index (χ0n) is 17.3. The molecule has 4 aliphatic rings. The highest BCUT2D eigenvalue weighted by molar-refractivity contribution is 8.37. The van der Waals surface area contributed by atoms with Crippen molar-refractivity contribution in [2.45, 2.75) is 120 Å². The van der Waals surface area contributed by atoms with Crippen molar-refractivity contribution in [3.63, 3.8) is 0 Å². The van der Waals surface area contributed by atoms with Crippen LogP contribution < -0.4 is 0 Å². The van der Waals surface area contributed by atoms with Crippen molar-refractivity contribution in [1.29, 1.82) is 0 Å². The molecule has 4 rings (SSSR count). The molecule has 0 aromatic carbocycles. The predicted molar refractivity (Wildman–Crippen MR) is 119 cm³/mol. The molecule has 0 spiro atoms. The van der Waals surface area contributed by atoms with E-state index in [0.717, 1.165) is 16.4 Å². The maximum absolute atomic E-state index is 2.80. The highest BCUT2D eigenvalue weighted by Gasteiger charge is 2.40. The highest BCUT2D eigenvalue weighted by atomic mass is 32.3. The Hall–Kier alpha value is -0.170. The van der Waals surface area contributed by atoms with Gasteiger partial charge in [-0.05, 0) is 78.9 Å². The van der Waals surface area contributed by atoms with E-state index >= 15 is 0 Å². The molecular weight excluding hydrogens is 332 g/mol. The molecule has 0 unspecified atom stereocenters. The Morgan fingerprint density at radius 1 is 0.615 bits per heavy atom. The zero-order chi connectivity index (χ0) is 17.8. The van der Waals surface area contributed by atoms with Gasteiger partial charge in [-0.2, -0.15) is 0 Å². The van der Waals surface area contributed by atoms with E-state index in [1.807, 2.05) is 10.5 Å². The molecule has 0 amide bonds. The molecule has 0 heterocycles. The largest absolute Gasteiger partial charge is 0.215 e. The van der Waals surface area contributed by atoms with E-state index in [-0.39, 0.29) is 0 Å². The van der Waals surface area contributed by atoms with Crippen molar-refractivity contribution in [1.82, 2.24) is 0 Å². The third-order valence-electron chi connectivity index (χ3n) is 8.33. The molecule has 0 aromatic heterocycles. The molecule has 0 nitrogen and oxygen atoms in total. The first-order chi connectivity index (χ1) is 12.8. The summed E-state index contributed by atoms with van der Waals surface area (Å²) in [6, 6.07) is 0. The van der Waals surface area contributed by atoms with E-state index in [9.17, 15) is 0 Å². The normalized spacial score (nSPS) is 28.5. The summed E-state index contributed by atoms with van der Waals surface area (Å²) in [6.07, 6.45) is 33.5. The fraction of sp³-hybridized carbons (Fsp3) is 0.840. The molecule has 3 saturated carbocycles. The number of hydrogen-bond acceptors (Lipinski definition) is 0. The van der Waals surface area contributed by atoms with Crippen LogP contribution in [0.2, 0.25) is 0 Å². The lowest BCUT2D eigenvalue weighted by molar-refractivity contribution is 0.394. The fourth-order valence-electron chi connectivity index (χ4n) is 6.62. The van der Waals surface area contributed by atoms with Gasteiger partial charge in [0.1, 0.15) is 0 Å². The van der Waals surface area contributed by atoms with Gasteiger partial charge in [0.05, 0.1) is 0 Å². The Balaban J connectivity index is 1.56. The van der Waals surface area contributed by atoms with Gasteiger partial charge in [-0.1, -0.05) is 75.5 Å². The second-order valence-corrected chi connectivity index (χ2v) is 13.7. The zero-order valence-corrected chi connectivity index (χ0v) is 18.1. The van der Waals surface area contributed by atoms with Gasteiger partial charge in [0.25, 0.3) is 0 Å². The number of rotatable bonds is 4. The van der Waals surface area contributed by atoms with Gasteiger partial charge >= 0.3 is 0 Å². The standard InChI is InChI=1S/C25H42S/c1-26(23-13-7-3-8-14-23,24-15-9-4-10-16-24)25-19-17-22(18-20-25)21-11-5-2-6-12-21/h17,19,21,23-24H,2-16,18,20H2,1H3. The van der Waals surface area contributed by atoms with Crippen LogP contribution in [-0.2, 0) is 0 Å². The third kappa shape index (κ3) is 3.98. The lowest BCUT2D eigenvalue weighted by Crippen LogP contribution is -2.32. The minimum absolute atomic E-state index is 0.582. The fourth-order valence-corrected chi connectivity index (χ4v) is 11.6. The van der Waals surface area contributed by atoms with Crippen molar-refractivity contribution in [3.8, 4) is 0 Å². The van der Waals surface area contributed by atoms with Gasteiger partial charge in [-0.3, -0.25) is 0 Å². The van der Waals surface area contributed by atoms with E-state index < -0.39 is 10.0 Å². The molecule has 0 aromatic rings. The lowest BCUT2D eigenvalue weighted by atomic mass is 9.81. The van der Waals surface area contributed by atoms with Crippen molar-refractivity contribution in [2.24, 2.45) is 5.92 Å². The Bertz CT molecular complexity index is 492. The summed E-state index contributed by atoms with van der Waals surface area (Å²) in [5.74, 6) is 0.937. The van der Waals surface area contributed by atoms with Gasteiger partial charge < -0.3 is 0 Å². The molecule has 0 radical (unpaired) electrons. The smallest absolute Gasteiger partial charge is 0.00761 e. The van der Waals surface area contributed by atoms with Crippen molar-refractivity contribution in [2.75, 3.05) is 6.26 Å². The molecule has 0 aliphatic heterocycles. The van der Waals surface area contributed by atoms with Crippen LogP contribution in [0.1, 0.15) is 109 Å². The monoisotopic (exact) mass is 374 g/mol. The van der Waals surface area contributed by atoms with Crippen LogP contribution in [0.15, 0.2) is 22.6 Å². The van der Waals surface area contributed by atoms with E-state index in [2.05, 4.69) is 18.4 Å². The maximum atomic E-state index is 2.80. The minimum Gasteiger partial charge on any atom is -0.215 e. The molecule has 3 fully saturated rings. The Kier molecular flexibility index (Phi) is 6.55. The van der Waals surface area contributed by atoms with Crippen molar-refractivity contribution >= 4 is 10.0 Å². The number of hydrogen-bond donors (Lipinski definition) is 0. The maximum Gasteiger partial charge on any atom is -0.00761 e. The molecule has 0 saturated heterocycles. The summed E-state index contributed by atoms with van der Waals surface area (Å²) in [6.45, 7) is 0. The quantitative estimate of drug-likeness (QED) is 0.464. The first-order valence-electron chi connectivity index (χ1n) is 11.9. The molecule has 26 heavy (non-hydrogen) atoms. The summed E-state index contributed by atoms with van der Waals surface area (Å²) in [7, 11) is -0.582. The second kappa shape index (κ2) is 8.89. The average Bonchev–Trinajstić information content (AvgIpc) is 2.75. The van der Waals surface area contributed by atoms with Crippen LogP contribution in [0, 0.1) is 5.92 Å². The van der Waals surface area contributed by atoms with Crippen molar-refractivity contribution < 1.29 is 0 Å². The van der Waals surface area contributed by atoms with Crippen LogP contribution in [0.5, 0.6) is 0 Å². The van der Waals surface area contributed by atoms with Crippen LogP contribution >= 0.6 is 10.0 Å². The molecule has 1 heteroatoms. The average molecular weight is 375 g/mol. The van der Waals surface area contributed by atoms with E-state index in [1.165, 1.54) is 83.5 Å².